The van der Waals surface area contributed by atoms with E-state index in [0.717, 1.165) is 41.7 Å². The molecule has 82 valence electrons. The molecule has 0 spiro atoms. The second kappa shape index (κ2) is 3.92. The van der Waals surface area contributed by atoms with Crippen molar-refractivity contribution in [2.45, 2.75) is 26.4 Å². The van der Waals surface area contributed by atoms with Crippen LogP contribution in [-0.2, 0) is 19.5 Å². The minimum absolute atomic E-state index is 0.734. The number of aryl methyl sites for hydroxylation is 1. The van der Waals surface area contributed by atoms with Crippen molar-refractivity contribution in [3.8, 4) is 0 Å². The predicted octanol–water partition coefficient (Wildman–Crippen LogP) is 1.44. The highest BCUT2D eigenvalue weighted by Crippen LogP contribution is 2.14. The largest absolute Gasteiger partial charge is 0.307 e. The molecule has 1 aliphatic heterocycles. The van der Waals surface area contributed by atoms with Gasteiger partial charge in [0.05, 0.1) is 22.8 Å². The zero-order valence-corrected chi connectivity index (χ0v) is 9.84. The Morgan fingerprint density at radius 1 is 1.38 bits per heavy atom. The van der Waals surface area contributed by atoms with E-state index >= 15 is 0 Å². The molecule has 16 heavy (non-hydrogen) atoms. The lowest BCUT2D eigenvalue weighted by atomic mass is 10.2. The molecule has 1 aliphatic rings. The first-order valence-corrected chi connectivity index (χ1v) is 6.14. The average Bonchev–Trinajstić information content (AvgIpc) is 2.87. The molecule has 0 unspecified atom stereocenters. The normalized spacial score (nSPS) is 14.1. The van der Waals surface area contributed by atoms with Crippen molar-refractivity contribution in [2.24, 2.45) is 0 Å². The number of nitrogens with zero attached hydrogens (tertiary/aromatic N) is 3. The van der Waals surface area contributed by atoms with Crippen LogP contribution in [0.4, 0.5) is 0 Å². The molecule has 0 fully saturated rings. The molecule has 2 aromatic rings. The SMILES string of the molecule is Cc1nc(Cc2ncc3c(n2)CNC3)cs1. The van der Waals surface area contributed by atoms with Gasteiger partial charge in [0, 0.05) is 30.2 Å². The number of nitrogens with one attached hydrogen (secondary N) is 1. The van der Waals surface area contributed by atoms with Gasteiger partial charge in [0.25, 0.3) is 0 Å². The second-order valence-corrected chi connectivity index (χ2v) is 4.96. The fourth-order valence-electron chi connectivity index (χ4n) is 1.84. The van der Waals surface area contributed by atoms with Crippen LogP contribution in [0.25, 0.3) is 0 Å². The summed E-state index contributed by atoms with van der Waals surface area (Å²) in [7, 11) is 0. The fourth-order valence-corrected chi connectivity index (χ4v) is 2.45. The van der Waals surface area contributed by atoms with Crippen LogP contribution in [0.1, 0.15) is 27.8 Å². The maximum absolute atomic E-state index is 4.55. The van der Waals surface area contributed by atoms with Crippen LogP contribution in [0.2, 0.25) is 0 Å². The topological polar surface area (TPSA) is 50.7 Å². The van der Waals surface area contributed by atoms with Crippen LogP contribution in [0.5, 0.6) is 0 Å². The molecule has 0 bridgehead atoms. The minimum atomic E-state index is 0.734. The maximum atomic E-state index is 4.55. The first-order chi connectivity index (χ1) is 7.81. The summed E-state index contributed by atoms with van der Waals surface area (Å²) in [6.07, 6.45) is 2.66. The van der Waals surface area contributed by atoms with Gasteiger partial charge in [-0.3, -0.25) is 0 Å². The molecule has 0 atom stereocenters. The number of fused-ring (bicyclic) bond motifs is 1. The fraction of sp³-hybridized carbons (Fsp3) is 0.364. The van der Waals surface area contributed by atoms with Gasteiger partial charge in [0.2, 0.25) is 0 Å². The lowest BCUT2D eigenvalue weighted by Gasteiger charge is -2.00. The standard InChI is InChI=1S/C11H12N4S/c1-7-14-9(6-16-7)2-11-13-4-8-3-12-5-10(8)15-11/h4,6,12H,2-3,5H2,1H3. The Bertz CT molecular complexity index is 520. The lowest BCUT2D eigenvalue weighted by molar-refractivity contribution is 0.756. The van der Waals surface area contributed by atoms with Gasteiger partial charge >= 0.3 is 0 Å². The molecule has 0 amide bonds. The van der Waals surface area contributed by atoms with E-state index in [0.29, 0.717) is 0 Å². The van der Waals surface area contributed by atoms with E-state index in [1.807, 2.05) is 13.1 Å². The maximum Gasteiger partial charge on any atom is 0.134 e. The van der Waals surface area contributed by atoms with Crippen LogP contribution in [0.15, 0.2) is 11.6 Å². The summed E-state index contributed by atoms with van der Waals surface area (Å²) in [5.74, 6) is 0.868. The molecule has 0 aliphatic carbocycles. The van der Waals surface area contributed by atoms with E-state index in [-0.39, 0.29) is 0 Å². The number of hydrogen-bond acceptors (Lipinski definition) is 5. The van der Waals surface area contributed by atoms with E-state index in [1.165, 1.54) is 5.56 Å². The van der Waals surface area contributed by atoms with Crippen LogP contribution < -0.4 is 5.32 Å². The molecule has 2 aromatic heterocycles. The van der Waals surface area contributed by atoms with Crippen molar-refractivity contribution in [1.82, 2.24) is 20.3 Å². The summed E-state index contributed by atoms with van der Waals surface area (Å²) in [6, 6.07) is 0. The Morgan fingerprint density at radius 2 is 2.31 bits per heavy atom. The number of rotatable bonds is 2. The molecule has 5 heteroatoms. The van der Waals surface area contributed by atoms with Crippen molar-refractivity contribution in [3.05, 3.63) is 39.4 Å². The molecular formula is C11H12N4S. The molecule has 3 rings (SSSR count). The number of aromatic nitrogens is 3. The van der Waals surface area contributed by atoms with Gasteiger partial charge in [-0.15, -0.1) is 11.3 Å². The first-order valence-electron chi connectivity index (χ1n) is 5.26. The van der Waals surface area contributed by atoms with Crippen LogP contribution in [-0.4, -0.2) is 15.0 Å². The Morgan fingerprint density at radius 3 is 3.12 bits per heavy atom. The Labute approximate surface area is 97.8 Å². The van der Waals surface area contributed by atoms with E-state index in [1.54, 1.807) is 11.3 Å². The van der Waals surface area contributed by atoms with Crippen LogP contribution >= 0.6 is 11.3 Å². The van der Waals surface area contributed by atoms with Crippen molar-refractivity contribution < 1.29 is 0 Å². The highest BCUT2D eigenvalue weighted by molar-refractivity contribution is 7.09. The number of hydrogen-bond donors (Lipinski definition) is 1. The van der Waals surface area contributed by atoms with E-state index in [9.17, 15) is 0 Å². The predicted molar refractivity (Wildman–Crippen MR) is 62.2 cm³/mol. The Balaban J connectivity index is 1.85. The molecule has 0 saturated heterocycles. The summed E-state index contributed by atoms with van der Waals surface area (Å²) in [4.78, 5) is 13.3. The van der Waals surface area contributed by atoms with E-state index in [4.69, 9.17) is 0 Å². The van der Waals surface area contributed by atoms with Gasteiger partial charge in [0.1, 0.15) is 5.82 Å². The Kier molecular flexibility index (Phi) is 2.41. The van der Waals surface area contributed by atoms with Crippen molar-refractivity contribution >= 4 is 11.3 Å². The Hall–Kier alpha value is -1.33. The quantitative estimate of drug-likeness (QED) is 0.851. The van der Waals surface area contributed by atoms with Crippen LogP contribution in [0, 0.1) is 6.92 Å². The molecule has 4 nitrogen and oxygen atoms in total. The molecular weight excluding hydrogens is 220 g/mol. The third-order valence-electron chi connectivity index (χ3n) is 2.62. The van der Waals surface area contributed by atoms with Gasteiger partial charge in [-0.1, -0.05) is 0 Å². The van der Waals surface area contributed by atoms with Gasteiger partial charge < -0.3 is 5.32 Å². The van der Waals surface area contributed by atoms with Crippen LogP contribution in [0.3, 0.4) is 0 Å². The molecule has 0 saturated carbocycles. The summed E-state index contributed by atoms with van der Waals surface area (Å²) in [5.41, 5.74) is 3.42. The highest BCUT2D eigenvalue weighted by atomic mass is 32.1. The molecule has 0 aromatic carbocycles. The summed E-state index contributed by atoms with van der Waals surface area (Å²) in [6.45, 7) is 3.77. The number of thiazole rings is 1. The summed E-state index contributed by atoms with van der Waals surface area (Å²) in [5, 5.41) is 6.44. The minimum Gasteiger partial charge on any atom is -0.307 e. The smallest absolute Gasteiger partial charge is 0.134 e. The van der Waals surface area contributed by atoms with E-state index < -0.39 is 0 Å². The molecule has 3 heterocycles. The van der Waals surface area contributed by atoms with Crippen molar-refractivity contribution in [3.63, 3.8) is 0 Å². The van der Waals surface area contributed by atoms with Gasteiger partial charge in [0.15, 0.2) is 0 Å². The third kappa shape index (κ3) is 1.83. The molecule has 1 N–H and O–H groups in total. The monoisotopic (exact) mass is 232 g/mol. The zero-order chi connectivity index (χ0) is 11.0. The second-order valence-electron chi connectivity index (χ2n) is 3.90. The zero-order valence-electron chi connectivity index (χ0n) is 9.03. The van der Waals surface area contributed by atoms with Gasteiger partial charge in [-0.2, -0.15) is 0 Å². The first kappa shape index (κ1) is 9.86. The van der Waals surface area contributed by atoms with Crippen molar-refractivity contribution in [2.75, 3.05) is 0 Å². The van der Waals surface area contributed by atoms with E-state index in [2.05, 4.69) is 25.6 Å². The third-order valence-corrected chi connectivity index (χ3v) is 3.44. The summed E-state index contributed by atoms with van der Waals surface area (Å²) >= 11 is 1.67. The summed E-state index contributed by atoms with van der Waals surface area (Å²) < 4.78 is 0. The lowest BCUT2D eigenvalue weighted by Crippen LogP contribution is -2.02. The van der Waals surface area contributed by atoms with Gasteiger partial charge in [-0.25, -0.2) is 15.0 Å². The van der Waals surface area contributed by atoms with Crippen molar-refractivity contribution in [1.29, 1.82) is 0 Å². The van der Waals surface area contributed by atoms with Gasteiger partial charge in [-0.05, 0) is 6.92 Å². The highest BCUT2D eigenvalue weighted by Gasteiger charge is 2.13. The molecule has 0 radical (unpaired) electrons. The average molecular weight is 232 g/mol.